The topological polar surface area (TPSA) is 85.9 Å². The van der Waals surface area contributed by atoms with Crippen LogP contribution in [0, 0.1) is 12.8 Å². The number of nitrogens with one attached hydrogen (secondary N) is 3. The summed E-state index contributed by atoms with van der Waals surface area (Å²) in [4.78, 5) is 31.0. The molecule has 2 saturated heterocycles. The number of urea groups is 1. The van der Waals surface area contributed by atoms with Gasteiger partial charge in [0.25, 0.3) is 5.91 Å². The van der Waals surface area contributed by atoms with Crippen LogP contribution in [-0.2, 0) is 11.2 Å². The Kier molecular flexibility index (Phi) is 10.5. The summed E-state index contributed by atoms with van der Waals surface area (Å²) in [5, 5.41) is 8.93. The average Bonchev–Trinajstić information content (AvgIpc) is 3.01. The second kappa shape index (κ2) is 14.8. The molecule has 3 aromatic carbocycles. The first-order valence-corrected chi connectivity index (χ1v) is 15.2. The van der Waals surface area contributed by atoms with E-state index in [1.54, 1.807) is 6.07 Å². The van der Waals surface area contributed by atoms with Crippen LogP contribution < -0.4 is 20.9 Å². The number of carbonyl (C=O) groups is 2. The molecule has 2 heterocycles. The van der Waals surface area contributed by atoms with Gasteiger partial charge in [0, 0.05) is 49.8 Å². The summed E-state index contributed by atoms with van der Waals surface area (Å²) in [6, 6.07) is 23.7. The smallest absolute Gasteiger partial charge is 0.323 e. The number of morpholine rings is 1. The Balaban J connectivity index is 1.24. The van der Waals surface area contributed by atoms with Crippen LogP contribution in [0.4, 0.5) is 21.9 Å². The van der Waals surface area contributed by atoms with Crippen molar-refractivity contribution in [2.45, 2.75) is 32.6 Å². The number of anilines is 3. The number of benzene rings is 3. The van der Waals surface area contributed by atoms with E-state index in [1.165, 1.54) is 5.56 Å². The highest BCUT2D eigenvalue weighted by atomic mass is 16.5. The molecule has 0 spiro atoms. The Bertz CT molecular complexity index is 1320. The Hall–Kier alpha value is -3.88. The largest absolute Gasteiger partial charge is 0.379 e. The summed E-state index contributed by atoms with van der Waals surface area (Å²) in [5.41, 5.74) is 5.27. The second-order valence-corrected chi connectivity index (χ2v) is 11.4. The Morgan fingerprint density at radius 2 is 1.60 bits per heavy atom. The molecule has 2 fully saturated rings. The van der Waals surface area contributed by atoms with Gasteiger partial charge in [-0.3, -0.25) is 9.69 Å². The number of amides is 3. The van der Waals surface area contributed by atoms with Crippen molar-refractivity contribution in [1.29, 1.82) is 0 Å². The summed E-state index contributed by atoms with van der Waals surface area (Å²) in [5.74, 6) is 0.522. The summed E-state index contributed by atoms with van der Waals surface area (Å²) in [7, 11) is 0. The van der Waals surface area contributed by atoms with Gasteiger partial charge in [-0.25, -0.2) is 4.79 Å². The summed E-state index contributed by atoms with van der Waals surface area (Å²) in [6.07, 6.45) is 4.12. The number of hydrogen-bond acceptors (Lipinski definition) is 5. The number of ether oxygens (including phenoxy) is 1. The maximum Gasteiger partial charge on any atom is 0.323 e. The summed E-state index contributed by atoms with van der Waals surface area (Å²) >= 11 is 0. The normalized spacial score (nSPS) is 16.2. The molecule has 0 radical (unpaired) electrons. The molecule has 2 aliphatic heterocycles. The molecule has 0 atom stereocenters. The van der Waals surface area contributed by atoms with Gasteiger partial charge in [0.1, 0.15) is 0 Å². The number of rotatable bonds is 10. The monoisotopic (exact) mass is 569 g/mol. The fraction of sp³-hybridized carbons (Fsp3) is 0.412. The maximum absolute atomic E-state index is 13.5. The highest BCUT2D eigenvalue weighted by Gasteiger charge is 2.24. The third-order valence-corrected chi connectivity index (χ3v) is 8.14. The average molecular weight is 570 g/mol. The van der Waals surface area contributed by atoms with Crippen molar-refractivity contribution < 1.29 is 14.3 Å². The molecule has 3 N–H and O–H groups in total. The van der Waals surface area contributed by atoms with Crippen LogP contribution in [-0.4, -0.2) is 69.3 Å². The standard InChI is InChI=1S/C34H43N5O3/c1-26-7-5-10-29(23-26)36-34(41)37-30-11-12-32(39-17-13-28(14-18-39)24-27-8-3-2-4-9-27)31(25-30)33(40)35-15-6-16-38-19-21-42-22-20-38/h2-5,7-12,23,25,28H,6,13-22,24H2,1H3,(H,35,40)(H2,36,37,41). The van der Waals surface area contributed by atoms with E-state index in [0.29, 0.717) is 23.7 Å². The number of nitrogens with zero attached hydrogens (tertiary/aromatic N) is 2. The second-order valence-electron chi connectivity index (χ2n) is 11.4. The van der Waals surface area contributed by atoms with Gasteiger partial charge in [0.2, 0.25) is 0 Å². The summed E-state index contributed by atoms with van der Waals surface area (Å²) in [6.45, 7) is 8.74. The number of carbonyl (C=O) groups excluding carboxylic acids is 2. The lowest BCUT2D eigenvalue weighted by atomic mass is 9.89. The Morgan fingerprint density at radius 1 is 0.857 bits per heavy atom. The predicted octanol–water partition coefficient (Wildman–Crippen LogP) is 5.55. The SMILES string of the molecule is Cc1cccc(NC(=O)Nc2ccc(N3CCC(Cc4ccccc4)CC3)c(C(=O)NCCCN3CCOCC3)c2)c1. The van der Waals surface area contributed by atoms with Gasteiger partial charge < -0.3 is 25.6 Å². The molecule has 0 unspecified atom stereocenters. The lowest BCUT2D eigenvalue weighted by Crippen LogP contribution is -2.38. The van der Waals surface area contributed by atoms with Crippen LogP contribution in [0.3, 0.4) is 0 Å². The molecule has 0 aromatic heterocycles. The first-order valence-electron chi connectivity index (χ1n) is 15.2. The molecule has 0 saturated carbocycles. The van der Waals surface area contributed by atoms with Crippen LogP contribution >= 0.6 is 0 Å². The summed E-state index contributed by atoms with van der Waals surface area (Å²) < 4.78 is 5.44. The van der Waals surface area contributed by atoms with Crippen molar-refractivity contribution in [3.8, 4) is 0 Å². The zero-order valence-electron chi connectivity index (χ0n) is 24.6. The number of hydrogen-bond donors (Lipinski definition) is 3. The molecule has 2 aliphatic rings. The van der Waals surface area contributed by atoms with Crippen molar-refractivity contribution in [2.24, 2.45) is 5.92 Å². The minimum atomic E-state index is -0.341. The van der Waals surface area contributed by atoms with E-state index in [-0.39, 0.29) is 11.9 Å². The van der Waals surface area contributed by atoms with E-state index in [2.05, 4.69) is 56.1 Å². The molecular formula is C34H43N5O3. The molecule has 5 rings (SSSR count). The van der Waals surface area contributed by atoms with E-state index in [0.717, 1.165) is 88.6 Å². The fourth-order valence-corrected chi connectivity index (χ4v) is 5.84. The van der Waals surface area contributed by atoms with Gasteiger partial charge >= 0.3 is 6.03 Å². The molecule has 0 bridgehead atoms. The molecule has 3 amide bonds. The van der Waals surface area contributed by atoms with Gasteiger partial charge in [-0.05, 0) is 86.5 Å². The fourth-order valence-electron chi connectivity index (χ4n) is 5.84. The molecule has 222 valence electrons. The van der Waals surface area contributed by atoms with E-state index in [1.807, 2.05) is 43.3 Å². The number of aryl methyl sites for hydroxylation is 1. The van der Waals surface area contributed by atoms with E-state index >= 15 is 0 Å². The molecule has 0 aliphatic carbocycles. The third kappa shape index (κ3) is 8.57. The zero-order chi connectivity index (χ0) is 29.1. The van der Waals surface area contributed by atoms with Crippen molar-refractivity contribution in [2.75, 3.05) is 68.0 Å². The van der Waals surface area contributed by atoms with Crippen LogP contribution in [0.25, 0.3) is 0 Å². The highest BCUT2D eigenvalue weighted by Crippen LogP contribution is 2.30. The van der Waals surface area contributed by atoms with Gasteiger partial charge in [-0.2, -0.15) is 0 Å². The van der Waals surface area contributed by atoms with Crippen molar-refractivity contribution in [1.82, 2.24) is 10.2 Å². The minimum absolute atomic E-state index is 0.110. The third-order valence-electron chi connectivity index (χ3n) is 8.14. The first kappa shape index (κ1) is 29.6. The van der Waals surface area contributed by atoms with E-state index in [9.17, 15) is 9.59 Å². The Morgan fingerprint density at radius 3 is 2.33 bits per heavy atom. The van der Waals surface area contributed by atoms with Crippen molar-refractivity contribution in [3.63, 3.8) is 0 Å². The number of piperidine rings is 1. The zero-order valence-corrected chi connectivity index (χ0v) is 24.6. The first-order chi connectivity index (χ1) is 20.5. The van der Waals surface area contributed by atoms with E-state index < -0.39 is 0 Å². The van der Waals surface area contributed by atoms with Gasteiger partial charge in [-0.1, -0.05) is 42.5 Å². The predicted molar refractivity (Wildman–Crippen MR) is 170 cm³/mol. The van der Waals surface area contributed by atoms with Gasteiger partial charge in [-0.15, -0.1) is 0 Å². The van der Waals surface area contributed by atoms with Gasteiger partial charge in [0.15, 0.2) is 0 Å². The van der Waals surface area contributed by atoms with Crippen molar-refractivity contribution >= 4 is 29.0 Å². The molecular weight excluding hydrogens is 526 g/mol. The molecule has 8 nitrogen and oxygen atoms in total. The molecule has 8 heteroatoms. The minimum Gasteiger partial charge on any atom is -0.379 e. The van der Waals surface area contributed by atoms with Crippen LogP contribution in [0.2, 0.25) is 0 Å². The molecule has 3 aromatic rings. The molecule has 42 heavy (non-hydrogen) atoms. The highest BCUT2D eigenvalue weighted by molar-refractivity contribution is 6.04. The van der Waals surface area contributed by atoms with Crippen LogP contribution in [0.1, 0.15) is 40.7 Å². The van der Waals surface area contributed by atoms with Crippen molar-refractivity contribution in [3.05, 3.63) is 89.5 Å². The lowest BCUT2D eigenvalue weighted by molar-refractivity contribution is 0.0374. The van der Waals surface area contributed by atoms with Gasteiger partial charge in [0.05, 0.1) is 18.8 Å². The van der Waals surface area contributed by atoms with Crippen LogP contribution in [0.5, 0.6) is 0 Å². The Labute approximate surface area is 249 Å². The quantitative estimate of drug-likeness (QED) is 0.279. The maximum atomic E-state index is 13.5. The lowest BCUT2D eigenvalue weighted by Gasteiger charge is -2.35. The van der Waals surface area contributed by atoms with Crippen LogP contribution in [0.15, 0.2) is 72.8 Å². The van der Waals surface area contributed by atoms with E-state index in [4.69, 9.17) is 4.74 Å².